The van der Waals surface area contributed by atoms with Gasteiger partial charge in [-0.25, -0.2) is 4.98 Å². The number of carbonyl (C=O) groups excluding carboxylic acids is 1. The first-order valence-corrected chi connectivity index (χ1v) is 9.04. The number of anilines is 1. The predicted octanol–water partition coefficient (Wildman–Crippen LogP) is 3.44. The van der Waals surface area contributed by atoms with E-state index >= 15 is 0 Å². The minimum Gasteiger partial charge on any atom is -0.326 e. The molecular formula is C19H19N3OS. The summed E-state index contributed by atoms with van der Waals surface area (Å²) in [5, 5.41) is 7.34. The molecule has 1 unspecified atom stereocenters. The molecule has 1 fully saturated rings. The van der Waals surface area contributed by atoms with Crippen LogP contribution >= 0.6 is 11.3 Å². The highest BCUT2D eigenvalue weighted by Crippen LogP contribution is 2.24. The molecule has 0 radical (unpaired) electrons. The van der Waals surface area contributed by atoms with Crippen LogP contribution in [0, 0.1) is 5.92 Å². The minimum absolute atomic E-state index is 0.0902. The van der Waals surface area contributed by atoms with Gasteiger partial charge < -0.3 is 10.6 Å². The fraction of sp³-hybridized carbons (Fsp3) is 0.263. The third-order valence-corrected chi connectivity index (χ3v) is 5.38. The Hall–Kier alpha value is -2.24. The number of thiazole rings is 1. The molecule has 1 aliphatic rings. The van der Waals surface area contributed by atoms with Gasteiger partial charge in [-0.05, 0) is 42.8 Å². The molecule has 4 nitrogen and oxygen atoms in total. The summed E-state index contributed by atoms with van der Waals surface area (Å²) in [6.07, 6.45) is 1.74. The first-order chi connectivity index (χ1) is 11.8. The van der Waals surface area contributed by atoms with Gasteiger partial charge in [-0.1, -0.05) is 24.3 Å². The number of nitrogens with zero attached hydrogens (tertiary/aromatic N) is 1. The monoisotopic (exact) mass is 337 g/mol. The van der Waals surface area contributed by atoms with Gasteiger partial charge in [-0.2, -0.15) is 0 Å². The van der Waals surface area contributed by atoms with E-state index in [1.54, 1.807) is 11.3 Å². The fourth-order valence-electron chi connectivity index (χ4n) is 3.00. The smallest absolute Gasteiger partial charge is 0.228 e. The van der Waals surface area contributed by atoms with Gasteiger partial charge >= 0.3 is 0 Å². The summed E-state index contributed by atoms with van der Waals surface area (Å²) in [6.45, 7) is 1.71. The molecule has 4 rings (SSSR count). The Kier molecular flexibility index (Phi) is 4.28. The largest absolute Gasteiger partial charge is 0.326 e. The van der Waals surface area contributed by atoms with Crippen LogP contribution in [-0.4, -0.2) is 24.0 Å². The topological polar surface area (TPSA) is 54.0 Å². The molecule has 0 bridgehead atoms. The lowest BCUT2D eigenvalue weighted by molar-refractivity contribution is -0.119. The molecule has 1 amide bonds. The highest BCUT2D eigenvalue weighted by atomic mass is 32.1. The van der Waals surface area contributed by atoms with Crippen LogP contribution in [0.5, 0.6) is 0 Å². The average molecular weight is 337 g/mol. The standard InChI is InChI=1S/C19H19N3OS/c23-19(14-9-10-20-12-14)21-15-7-5-13(6-8-15)11-18-22-16-3-1-2-4-17(16)24-18/h1-8,14,20H,9-12H2,(H,21,23). The second-order valence-electron chi connectivity index (χ2n) is 6.13. The molecule has 0 spiro atoms. The summed E-state index contributed by atoms with van der Waals surface area (Å²) < 4.78 is 1.22. The van der Waals surface area contributed by atoms with Crippen LogP contribution in [0.1, 0.15) is 17.0 Å². The lowest BCUT2D eigenvalue weighted by Gasteiger charge is -2.10. The second kappa shape index (κ2) is 6.71. The summed E-state index contributed by atoms with van der Waals surface area (Å²) in [5.41, 5.74) is 3.13. The molecule has 0 saturated carbocycles. The number of para-hydroxylation sites is 1. The summed E-state index contributed by atoms with van der Waals surface area (Å²) in [6, 6.07) is 16.3. The van der Waals surface area contributed by atoms with Crippen molar-refractivity contribution in [3.05, 3.63) is 59.1 Å². The number of fused-ring (bicyclic) bond motifs is 1. The van der Waals surface area contributed by atoms with Crippen LogP contribution in [-0.2, 0) is 11.2 Å². The van der Waals surface area contributed by atoms with Crippen LogP contribution < -0.4 is 10.6 Å². The fourth-order valence-corrected chi connectivity index (χ4v) is 4.00. The third-order valence-electron chi connectivity index (χ3n) is 4.35. The molecule has 0 aliphatic carbocycles. The first-order valence-electron chi connectivity index (χ1n) is 8.23. The zero-order chi connectivity index (χ0) is 16.4. The van der Waals surface area contributed by atoms with Crippen molar-refractivity contribution in [3.8, 4) is 0 Å². The molecule has 3 aromatic rings. The summed E-state index contributed by atoms with van der Waals surface area (Å²) in [7, 11) is 0. The van der Waals surface area contributed by atoms with Crippen LogP contribution in [0.4, 0.5) is 5.69 Å². The van der Waals surface area contributed by atoms with E-state index in [0.717, 1.165) is 42.1 Å². The Morgan fingerprint density at radius 2 is 2.04 bits per heavy atom. The lowest BCUT2D eigenvalue weighted by atomic mass is 10.1. The van der Waals surface area contributed by atoms with Gasteiger partial charge in [-0.15, -0.1) is 11.3 Å². The molecular weight excluding hydrogens is 318 g/mol. The van der Waals surface area contributed by atoms with Crippen molar-refractivity contribution < 1.29 is 4.79 Å². The first kappa shape index (κ1) is 15.3. The molecule has 1 atom stereocenters. The van der Waals surface area contributed by atoms with Crippen LogP contribution in [0.3, 0.4) is 0 Å². The second-order valence-corrected chi connectivity index (χ2v) is 7.24. The number of rotatable bonds is 4. The molecule has 2 aromatic carbocycles. The van der Waals surface area contributed by atoms with Crippen molar-refractivity contribution >= 4 is 33.1 Å². The number of nitrogens with one attached hydrogen (secondary N) is 2. The highest BCUT2D eigenvalue weighted by molar-refractivity contribution is 7.18. The van der Waals surface area contributed by atoms with E-state index in [2.05, 4.69) is 33.8 Å². The van der Waals surface area contributed by atoms with E-state index in [-0.39, 0.29) is 11.8 Å². The van der Waals surface area contributed by atoms with Gasteiger partial charge in [0.2, 0.25) is 5.91 Å². The maximum Gasteiger partial charge on any atom is 0.228 e. The maximum atomic E-state index is 12.1. The van der Waals surface area contributed by atoms with Gasteiger partial charge in [-0.3, -0.25) is 4.79 Å². The van der Waals surface area contributed by atoms with E-state index in [1.165, 1.54) is 10.3 Å². The molecule has 1 saturated heterocycles. The van der Waals surface area contributed by atoms with Crippen LogP contribution in [0.2, 0.25) is 0 Å². The van der Waals surface area contributed by atoms with E-state index in [9.17, 15) is 4.79 Å². The van der Waals surface area contributed by atoms with Crippen molar-refractivity contribution in [2.75, 3.05) is 18.4 Å². The predicted molar refractivity (Wildman–Crippen MR) is 98.5 cm³/mol. The van der Waals surface area contributed by atoms with E-state index in [4.69, 9.17) is 0 Å². The van der Waals surface area contributed by atoms with Crippen molar-refractivity contribution in [1.29, 1.82) is 0 Å². The minimum atomic E-state index is 0.0902. The maximum absolute atomic E-state index is 12.1. The van der Waals surface area contributed by atoms with Crippen molar-refractivity contribution in [3.63, 3.8) is 0 Å². The van der Waals surface area contributed by atoms with E-state index in [0.29, 0.717) is 0 Å². The Balaban J connectivity index is 1.42. The molecule has 24 heavy (non-hydrogen) atoms. The van der Waals surface area contributed by atoms with Crippen LogP contribution in [0.25, 0.3) is 10.2 Å². The summed E-state index contributed by atoms with van der Waals surface area (Å²) in [5.74, 6) is 0.200. The molecule has 1 aliphatic heterocycles. The van der Waals surface area contributed by atoms with Crippen molar-refractivity contribution in [1.82, 2.24) is 10.3 Å². The van der Waals surface area contributed by atoms with E-state index in [1.807, 2.05) is 30.3 Å². The Labute approximate surface area is 144 Å². The number of carbonyl (C=O) groups is 1. The SMILES string of the molecule is O=C(Nc1ccc(Cc2nc3ccccc3s2)cc1)C1CCNC1. The normalized spacial score (nSPS) is 17.2. The molecule has 2 heterocycles. The third kappa shape index (κ3) is 3.32. The van der Waals surface area contributed by atoms with Gasteiger partial charge in [0.25, 0.3) is 0 Å². The number of amides is 1. The molecule has 2 N–H and O–H groups in total. The lowest BCUT2D eigenvalue weighted by Crippen LogP contribution is -2.24. The quantitative estimate of drug-likeness (QED) is 0.767. The van der Waals surface area contributed by atoms with Gasteiger partial charge in [0.05, 0.1) is 21.1 Å². The molecule has 1 aromatic heterocycles. The Morgan fingerprint density at radius 1 is 1.21 bits per heavy atom. The average Bonchev–Trinajstić information content (AvgIpc) is 3.25. The number of benzene rings is 2. The van der Waals surface area contributed by atoms with Crippen molar-refractivity contribution in [2.24, 2.45) is 5.92 Å². The number of hydrogen-bond donors (Lipinski definition) is 2. The van der Waals surface area contributed by atoms with Gasteiger partial charge in [0.15, 0.2) is 0 Å². The number of hydrogen-bond acceptors (Lipinski definition) is 4. The molecule has 122 valence electrons. The summed E-state index contributed by atoms with van der Waals surface area (Å²) >= 11 is 1.74. The number of aromatic nitrogens is 1. The highest BCUT2D eigenvalue weighted by Gasteiger charge is 2.22. The Bertz CT molecular complexity index is 817. The molecule has 5 heteroatoms. The zero-order valence-corrected chi connectivity index (χ0v) is 14.1. The van der Waals surface area contributed by atoms with E-state index < -0.39 is 0 Å². The summed E-state index contributed by atoms with van der Waals surface area (Å²) in [4.78, 5) is 16.8. The van der Waals surface area contributed by atoms with Crippen molar-refractivity contribution in [2.45, 2.75) is 12.8 Å². The van der Waals surface area contributed by atoms with Crippen LogP contribution in [0.15, 0.2) is 48.5 Å². The Morgan fingerprint density at radius 3 is 2.79 bits per heavy atom. The zero-order valence-electron chi connectivity index (χ0n) is 13.3. The van der Waals surface area contributed by atoms with Gasteiger partial charge in [0, 0.05) is 18.7 Å². The van der Waals surface area contributed by atoms with Gasteiger partial charge in [0.1, 0.15) is 0 Å².